The van der Waals surface area contributed by atoms with Crippen molar-refractivity contribution in [2.45, 2.75) is 67.3 Å². The Balaban J connectivity index is 1.44. The highest BCUT2D eigenvalue weighted by molar-refractivity contribution is 5.89. The Bertz CT molecular complexity index is 1170. The summed E-state index contributed by atoms with van der Waals surface area (Å²) in [6.45, 7) is 1.44. The molecule has 0 aromatic heterocycles. The third-order valence-corrected chi connectivity index (χ3v) is 12.4. The van der Waals surface area contributed by atoms with Crippen molar-refractivity contribution in [3.05, 3.63) is 35.9 Å². The Hall–Kier alpha value is -1.59. The number of esters is 1. The van der Waals surface area contributed by atoms with E-state index in [0.717, 1.165) is 19.4 Å². The van der Waals surface area contributed by atoms with Crippen molar-refractivity contribution in [3.63, 3.8) is 0 Å². The zero-order valence-corrected chi connectivity index (χ0v) is 24.1. The van der Waals surface area contributed by atoms with Crippen LogP contribution >= 0.6 is 0 Å². The number of ether oxygens (including phenoxy) is 5. The van der Waals surface area contributed by atoms with Crippen LogP contribution in [-0.4, -0.2) is 111 Å². The first-order valence-corrected chi connectivity index (χ1v) is 14.7. The predicted molar refractivity (Wildman–Crippen MR) is 144 cm³/mol. The van der Waals surface area contributed by atoms with Crippen LogP contribution in [0.5, 0.6) is 0 Å². The lowest BCUT2D eigenvalue weighted by atomic mass is 9.43. The lowest BCUT2D eigenvalue weighted by molar-refractivity contribution is -0.281. The van der Waals surface area contributed by atoms with Crippen LogP contribution in [0.25, 0.3) is 0 Å². The quantitative estimate of drug-likeness (QED) is 0.485. The van der Waals surface area contributed by atoms with Crippen molar-refractivity contribution in [1.82, 2.24) is 4.90 Å². The summed E-state index contributed by atoms with van der Waals surface area (Å²) in [5.41, 5.74) is -2.90. The molecule has 1 spiro atoms. The summed E-state index contributed by atoms with van der Waals surface area (Å²) < 4.78 is 30.9. The second-order valence-electron chi connectivity index (χ2n) is 13.6. The van der Waals surface area contributed by atoms with Gasteiger partial charge in [0.1, 0.15) is 11.7 Å². The molecule has 2 N–H and O–H groups in total. The number of benzene rings is 1. The maximum Gasteiger partial charge on any atom is 0.338 e. The number of hydrogen-bond acceptors (Lipinski definition) is 9. The maximum absolute atomic E-state index is 13.5. The van der Waals surface area contributed by atoms with Gasteiger partial charge in [0.05, 0.1) is 36.1 Å². The molecular weight excluding hydrogens is 514 g/mol. The molecule has 7 bridgehead atoms. The van der Waals surface area contributed by atoms with E-state index in [-0.39, 0.29) is 47.8 Å². The van der Waals surface area contributed by atoms with Gasteiger partial charge >= 0.3 is 5.97 Å². The number of nitrogens with zero attached hydrogens (tertiary/aromatic N) is 1. The second-order valence-corrected chi connectivity index (χ2v) is 13.6. The number of hydrogen-bond donors (Lipinski definition) is 2. The monoisotopic (exact) mass is 557 g/mol. The summed E-state index contributed by atoms with van der Waals surface area (Å²) in [5.74, 6) is -1.37. The molecule has 1 aromatic rings. The number of piperidine rings is 1. The fraction of sp³-hybridized carbons (Fsp3) is 0.774. The van der Waals surface area contributed by atoms with E-state index in [1.54, 1.807) is 52.7 Å². The zero-order chi connectivity index (χ0) is 28.2. The molecule has 0 amide bonds. The molecular formula is C31H43NO8. The van der Waals surface area contributed by atoms with Gasteiger partial charge in [-0.2, -0.15) is 0 Å². The summed E-state index contributed by atoms with van der Waals surface area (Å²) in [5, 5.41) is 25.5. The molecule has 220 valence electrons. The average Bonchev–Trinajstić information content (AvgIpc) is 3.34. The standard InChI is InChI=1S/C31H43NO8/c1-32-15-28(16-36-2)12-11-19(37-3)31-18-13-29(34)20(38-4)14-30(35,22(25(31)32)23(39-5)24(28)31)21(18)26(29)40-27(33)17-9-7-6-8-10-17/h6-10,18-26,34-35H,11-16H2,1-5H3/t18-,19+,20+,21-,22+,23+,24-,25?,26-,28+,29+,30-,31+/m1/s1. The van der Waals surface area contributed by atoms with Crippen molar-refractivity contribution in [1.29, 1.82) is 0 Å². The van der Waals surface area contributed by atoms with Crippen molar-refractivity contribution < 1.29 is 38.7 Å². The molecule has 40 heavy (non-hydrogen) atoms. The minimum Gasteiger partial charge on any atom is -0.455 e. The normalized spacial score (nSPS) is 52.0. The molecule has 1 heterocycles. The highest BCUT2D eigenvalue weighted by Crippen LogP contribution is 2.80. The topological polar surface area (TPSA) is 107 Å². The minimum atomic E-state index is -1.44. The molecule has 6 aliphatic rings. The van der Waals surface area contributed by atoms with Crippen molar-refractivity contribution >= 4 is 5.97 Å². The number of aliphatic hydroxyl groups is 2. The van der Waals surface area contributed by atoms with Gasteiger partial charge in [-0.05, 0) is 44.4 Å². The summed E-state index contributed by atoms with van der Waals surface area (Å²) in [6, 6.07) is 8.84. The van der Waals surface area contributed by atoms with Crippen molar-refractivity contribution in [2.75, 3.05) is 48.6 Å². The fourth-order valence-electron chi connectivity index (χ4n) is 11.8. The van der Waals surface area contributed by atoms with E-state index in [1.807, 2.05) is 6.07 Å². The predicted octanol–water partition coefficient (Wildman–Crippen LogP) is 1.75. The van der Waals surface area contributed by atoms with Crippen LogP contribution in [-0.2, 0) is 23.7 Å². The van der Waals surface area contributed by atoms with E-state index in [1.165, 1.54) is 0 Å². The molecule has 13 atom stereocenters. The molecule has 1 aromatic carbocycles. The van der Waals surface area contributed by atoms with Crippen molar-refractivity contribution in [3.8, 4) is 0 Å². The molecule has 9 heteroatoms. The average molecular weight is 558 g/mol. The first kappa shape index (κ1) is 27.3. The van der Waals surface area contributed by atoms with E-state index >= 15 is 0 Å². The third kappa shape index (κ3) is 3.00. The van der Waals surface area contributed by atoms with Crippen LogP contribution < -0.4 is 0 Å². The van der Waals surface area contributed by atoms with Gasteiger partial charge < -0.3 is 38.8 Å². The lowest BCUT2D eigenvalue weighted by Crippen LogP contribution is -2.76. The summed E-state index contributed by atoms with van der Waals surface area (Å²) in [7, 11) is 9.03. The Morgan fingerprint density at radius 2 is 1.70 bits per heavy atom. The number of fused-ring (bicyclic) bond motifs is 2. The van der Waals surface area contributed by atoms with E-state index in [0.29, 0.717) is 18.6 Å². The minimum absolute atomic E-state index is 0.0210. The van der Waals surface area contributed by atoms with Gasteiger partial charge in [-0.15, -0.1) is 0 Å². The fourth-order valence-corrected chi connectivity index (χ4v) is 11.8. The number of carbonyl (C=O) groups excluding carboxylic acids is 1. The number of methoxy groups -OCH3 is 4. The van der Waals surface area contributed by atoms with Crippen LogP contribution in [0.15, 0.2) is 30.3 Å². The smallest absolute Gasteiger partial charge is 0.338 e. The van der Waals surface area contributed by atoms with E-state index in [4.69, 9.17) is 23.7 Å². The Labute approximate surface area is 236 Å². The number of carbonyl (C=O) groups is 1. The molecule has 1 aliphatic heterocycles. The Kier molecular flexibility index (Phi) is 6.10. The van der Waals surface area contributed by atoms with Gasteiger partial charge in [0.2, 0.25) is 0 Å². The van der Waals surface area contributed by atoms with Crippen LogP contribution in [0, 0.1) is 34.5 Å². The molecule has 5 saturated carbocycles. The second kappa shape index (κ2) is 8.96. The molecule has 7 rings (SSSR count). The van der Waals surface area contributed by atoms with E-state index in [9.17, 15) is 15.0 Å². The van der Waals surface area contributed by atoms with Gasteiger partial charge in [-0.25, -0.2) is 4.79 Å². The summed E-state index contributed by atoms with van der Waals surface area (Å²) in [4.78, 5) is 15.9. The van der Waals surface area contributed by atoms with Crippen LogP contribution in [0.3, 0.4) is 0 Å². The largest absolute Gasteiger partial charge is 0.455 e. The third-order valence-electron chi connectivity index (χ3n) is 12.4. The van der Waals surface area contributed by atoms with Crippen LogP contribution in [0.2, 0.25) is 0 Å². The molecule has 1 unspecified atom stereocenters. The van der Waals surface area contributed by atoms with Crippen molar-refractivity contribution in [2.24, 2.45) is 34.5 Å². The van der Waals surface area contributed by atoms with Crippen LogP contribution in [0.1, 0.15) is 36.0 Å². The molecule has 6 fully saturated rings. The first-order valence-electron chi connectivity index (χ1n) is 14.7. The number of likely N-dealkylation sites (tertiary alicyclic amines) is 1. The van der Waals surface area contributed by atoms with Crippen LogP contribution in [0.4, 0.5) is 0 Å². The highest BCUT2D eigenvalue weighted by atomic mass is 16.6. The van der Waals surface area contributed by atoms with Gasteiger partial charge in [0.25, 0.3) is 0 Å². The SMILES string of the molecule is COC[C@@]12CC[C@H](OC)[C@]34C([C@H]([C@H](OC)[C@H]13)[C@@]1(O)C[C@H](OC)[C@@]3(O)C[C@@H]4[C@@H]1[C@H]3OC(=O)c1ccccc1)N(C)C2. The van der Waals surface area contributed by atoms with E-state index in [2.05, 4.69) is 11.9 Å². The zero-order valence-electron chi connectivity index (χ0n) is 24.1. The summed E-state index contributed by atoms with van der Waals surface area (Å²) >= 11 is 0. The highest BCUT2D eigenvalue weighted by Gasteiger charge is 2.88. The summed E-state index contributed by atoms with van der Waals surface area (Å²) in [6.07, 6.45) is 0.459. The molecule has 1 saturated heterocycles. The molecule has 9 nitrogen and oxygen atoms in total. The Morgan fingerprint density at radius 3 is 2.35 bits per heavy atom. The van der Waals surface area contributed by atoms with Gasteiger partial charge in [-0.3, -0.25) is 0 Å². The van der Waals surface area contributed by atoms with Gasteiger partial charge in [-0.1, -0.05) is 18.2 Å². The first-order chi connectivity index (χ1) is 19.2. The van der Waals surface area contributed by atoms with Gasteiger partial charge in [0, 0.05) is 76.0 Å². The molecule has 5 aliphatic carbocycles. The maximum atomic E-state index is 13.5. The van der Waals surface area contributed by atoms with E-state index < -0.39 is 40.7 Å². The Morgan fingerprint density at radius 1 is 0.975 bits per heavy atom. The molecule has 0 radical (unpaired) electrons. The van der Waals surface area contributed by atoms with Gasteiger partial charge in [0.15, 0.2) is 0 Å². The lowest BCUT2D eigenvalue weighted by Gasteiger charge is -2.68. The number of rotatable bonds is 7.